The number of aromatic amines is 2. The van der Waals surface area contributed by atoms with Crippen molar-refractivity contribution in [1.29, 1.82) is 0 Å². The molecular formula is C64H128N12O4S2. The van der Waals surface area contributed by atoms with E-state index in [0.717, 1.165) is 52.6 Å². The smallest absolute Gasteiger partial charge is 0.229 e. The predicted molar refractivity (Wildman–Crippen MR) is 359 cm³/mol. The van der Waals surface area contributed by atoms with Crippen molar-refractivity contribution in [2.45, 2.75) is 253 Å². The van der Waals surface area contributed by atoms with Gasteiger partial charge in [0.05, 0.1) is 41.8 Å². The van der Waals surface area contributed by atoms with E-state index in [0.29, 0.717) is 29.5 Å². The Morgan fingerprint density at radius 3 is 1.10 bits per heavy atom. The fourth-order valence-electron chi connectivity index (χ4n) is 2.93. The van der Waals surface area contributed by atoms with E-state index in [2.05, 4.69) is 205 Å². The monoisotopic (exact) mass is 1190 g/mol. The normalized spacial score (nSPS) is 8.51. The van der Waals surface area contributed by atoms with E-state index in [4.69, 9.17) is 4.52 Å². The largest absolute Gasteiger partial charge is 0.473 e. The van der Waals surface area contributed by atoms with E-state index < -0.39 is 0 Å². The van der Waals surface area contributed by atoms with Crippen molar-refractivity contribution in [2.75, 3.05) is 0 Å². The van der Waals surface area contributed by atoms with Crippen LogP contribution in [0.3, 0.4) is 0 Å². The minimum absolute atomic E-state index is 0.339. The quantitative estimate of drug-likeness (QED) is 0.168. The van der Waals surface area contributed by atoms with Crippen molar-refractivity contribution in [2.24, 2.45) is 29.6 Å². The lowest BCUT2D eigenvalue weighted by atomic mass is 10.1. The van der Waals surface area contributed by atoms with Crippen molar-refractivity contribution in [3.63, 3.8) is 0 Å². The van der Waals surface area contributed by atoms with Crippen LogP contribution in [0.15, 0.2) is 115 Å². The number of H-pyrrole nitrogens is 2. The Morgan fingerprint density at radius 2 is 0.963 bits per heavy atom. The van der Waals surface area contributed by atoms with Crippen molar-refractivity contribution < 1.29 is 17.9 Å². The molecule has 0 spiro atoms. The van der Waals surface area contributed by atoms with Crippen molar-refractivity contribution >= 4 is 22.9 Å². The second-order valence-electron chi connectivity index (χ2n) is 19.4. The predicted octanol–water partition coefficient (Wildman–Crippen LogP) is 22.3. The Bertz CT molecular complexity index is 1690. The number of rotatable bonds is 3. The van der Waals surface area contributed by atoms with Gasteiger partial charge in [0.25, 0.3) is 0 Å². The van der Waals surface area contributed by atoms with E-state index in [9.17, 15) is 0 Å². The molecular weight excluding hydrogens is 1060 g/mol. The summed E-state index contributed by atoms with van der Waals surface area (Å²) in [4.78, 5) is 15.5. The van der Waals surface area contributed by atoms with Crippen LogP contribution in [0.5, 0.6) is 0 Å². The molecule has 8 aromatic heterocycles. The molecule has 0 aliphatic carbocycles. The first-order valence-corrected chi connectivity index (χ1v) is 31.4. The van der Waals surface area contributed by atoms with Gasteiger partial charge >= 0.3 is 0 Å². The van der Waals surface area contributed by atoms with Crippen LogP contribution in [0.25, 0.3) is 0 Å². The molecule has 82 heavy (non-hydrogen) atoms. The summed E-state index contributed by atoms with van der Waals surface area (Å²) in [5.74, 6) is 8.61. The third kappa shape index (κ3) is 114. The second kappa shape index (κ2) is 84.2. The molecule has 8 heterocycles. The number of nitrogens with one attached hydrogen (secondary N) is 2. The molecule has 8 rings (SSSR count). The highest BCUT2D eigenvalue weighted by Crippen LogP contribution is 2.12. The molecule has 18 heteroatoms. The third-order valence-electron chi connectivity index (χ3n) is 5.29. The molecule has 8 aromatic rings. The third-order valence-corrected chi connectivity index (χ3v) is 6.33. The fraction of sp³-hybridized carbons (Fsp3) is 0.656. The molecule has 2 N–H and O–H groups in total. The van der Waals surface area contributed by atoms with Gasteiger partial charge in [0, 0.05) is 35.0 Å². The standard InChI is InChI=1S/2C6H11N3.C6H10N2O.C4H4O.5C4H10.2C3H3NO.2C3H3NS.5C2H6/c1-4(2)6-7-5(3)8-9-6;1-4(2)6-5(3)7-9-8-6;1-4(2)6-7-5(3)8-9-6;1-2-4-5-3-1;5*1-4(2)3;1-2-5-3-4-1;1-2-4-5-3-1;1-2-5-3-4-1;1-2-4-5-3-1;5*1-2/h2*4H,1-3H3,(H,7,8,9);4H,1-3H3;1-4H;5*4H,1-3H3;4*1-3H;5*1-2H3. The minimum atomic E-state index is 0.339. The molecule has 0 saturated carbocycles. The molecule has 0 aromatic carbocycles. The molecule has 16 nitrogen and oxygen atoms in total. The molecule has 0 fully saturated rings. The van der Waals surface area contributed by atoms with Gasteiger partial charge in [-0.05, 0) is 92.1 Å². The SMILES string of the molecule is CC.CC.CC.CC.CC.CC(C)C.CC(C)C.CC(C)C.CC(C)C.CC(C)C.Cc1n[nH]nc1C(C)C.Cc1nc(C(C)C)n[nH]1.Cc1noc(C(C)C)n1.c1ccoc1.c1cnoc1.c1cnsc1.c1cocn1.c1cscn1. The number of oxazole rings is 1. The van der Waals surface area contributed by atoms with Crippen LogP contribution in [0.4, 0.5) is 0 Å². The Kier molecular flexibility index (Phi) is 101. The topological polar surface area (TPSA) is 213 Å². The summed E-state index contributed by atoms with van der Waals surface area (Å²) in [5.41, 5.74) is 3.86. The molecule has 0 aliphatic heterocycles. The van der Waals surface area contributed by atoms with Crippen molar-refractivity contribution in [1.82, 2.24) is 60.2 Å². The fourth-order valence-corrected chi connectivity index (χ4v) is 3.64. The Morgan fingerprint density at radius 1 is 0.463 bits per heavy atom. The van der Waals surface area contributed by atoms with E-state index in [1.165, 1.54) is 30.5 Å². The summed E-state index contributed by atoms with van der Waals surface area (Å²) in [7, 11) is 0. The van der Waals surface area contributed by atoms with Crippen LogP contribution in [0, 0.1) is 50.4 Å². The minimum Gasteiger partial charge on any atom is -0.473 e. The molecule has 0 bridgehead atoms. The van der Waals surface area contributed by atoms with Crippen molar-refractivity contribution in [3.8, 4) is 0 Å². The first-order valence-electron chi connectivity index (χ1n) is 29.6. The number of hydrogen-bond acceptors (Lipinski definition) is 16. The molecule has 0 aliphatic rings. The lowest BCUT2D eigenvalue weighted by molar-refractivity contribution is 0.362. The molecule has 0 amide bonds. The maximum Gasteiger partial charge on any atom is 0.229 e. The zero-order valence-electron chi connectivity index (χ0n) is 58.8. The van der Waals surface area contributed by atoms with E-state index in [1.54, 1.807) is 60.2 Å². The summed E-state index contributed by atoms with van der Waals surface area (Å²) >= 11 is 3.06. The summed E-state index contributed by atoms with van der Waals surface area (Å²) in [6.45, 7) is 70.6. The summed E-state index contributed by atoms with van der Waals surface area (Å²) < 4.78 is 22.0. The molecule has 0 saturated heterocycles. The van der Waals surface area contributed by atoms with Crippen LogP contribution in [-0.4, -0.2) is 60.2 Å². The molecule has 0 unspecified atom stereocenters. The van der Waals surface area contributed by atoms with Gasteiger partial charge in [-0.3, -0.25) is 10.1 Å². The maximum absolute atomic E-state index is 4.86. The van der Waals surface area contributed by atoms with Gasteiger partial charge in [0.1, 0.15) is 18.4 Å². The van der Waals surface area contributed by atoms with Gasteiger partial charge in [0.2, 0.25) is 5.89 Å². The number of nitrogens with zero attached hydrogens (tertiary/aromatic N) is 10. The van der Waals surface area contributed by atoms with Crippen LogP contribution in [0.1, 0.15) is 267 Å². The van der Waals surface area contributed by atoms with Crippen molar-refractivity contribution in [3.05, 3.63) is 132 Å². The molecule has 0 radical (unpaired) electrons. The average Bonchev–Trinajstić information content (AvgIpc) is 4.26. The van der Waals surface area contributed by atoms with E-state index >= 15 is 0 Å². The van der Waals surface area contributed by atoms with Crippen LogP contribution >= 0.6 is 22.9 Å². The first kappa shape index (κ1) is 98.5. The Hall–Kier alpha value is -5.62. The average molecular weight is 1190 g/mol. The number of hydrogen-bond donors (Lipinski definition) is 2. The van der Waals surface area contributed by atoms with Gasteiger partial charge in [-0.25, -0.2) is 14.3 Å². The van der Waals surface area contributed by atoms with Gasteiger partial charge in [0.15, 0.2) is 18.0 Å². The van der Waals surface area contributed by atoms with Crippen LogP contribution in [-0.2, 0) is 0 Å². The van der Waals surface area contributed by atoms with Gasteiger partial charge in [-0.2, -0.15) is 25.5 Å². The molecule has 480 valence electrons. The van der Waals surface area contributed by atoms with Gasteiger partial charge in [-0.1, -0.05) is 225 Å². The Balaban J connectivity index is -0.0000000854. The van der Waals surface area contributed by atoms with E-state index in [-0.39, 0.29) is 0 Å². The number of thiazole rings is 1. The molecule has 0 atom stereocenters. The van der Waals surface area contributed by atoms with Crippen LogP contribution < -0.4 is 0 Å². The Labute approximate surface area is 512 Å². The van der Waals surface area contributed by atoms with Crippen LogP contribution in [0.2, 0.25) is 0 Å². The van der Waals surface area contributed by atoms with Gasteiger partial charge < -0.3 is 17.9 Å². The van der Waals surface area contributed by atoms with E-state index in [1.807, 2.05) is 133 Å². The highest BCUT2D eigenvalue weighted by atomic mass is 32.1. The summed E-state index contributed by atoms with van der Waals surface area (Å²) in [5, 5.41) is 28.1. The second-order valence-corrected chi connectivity index (χ2v) is 20.8. The first-order chi connectivity index (χ1) is 38.8. The zero-order chi connectivity index (χ0) is 66.1. The highest BCUT2D eigenvalue weighted by Gasteiger charge is 2.06. The van der Waals surface area contributed by atoms with Gasteiger partial charge in [-0.15, -0.1) is 11.3 Å². The maximum atomic E-state index is 4.86. The lowest BCUT2D eigenvalue weighted by Gasteiger charge is -1.96. The number of aromatic nitrogens is 12. The number of aryl methyl sites for hydroxylation is 3. The number of furan rings is 1. The summed E-state index contributed by atoms with van der Waals surface area (Å²) in [6.07, 6.45) is 14.4. The zero-order valence-corrected chi connectivity index (χ0v) is 60.4. The lowest BCUT2D eigenvalue weighted by Crippen LogP contribution is -1.89. The summed E-state index contributed by atoms with van der Waals surface area (Å²) in [6, 6.07) is 7.30. The highest BCUT2D eigenvalue weighted by molar-refractivity contribution is 7.07.